The summed E-state index contributed by atoms with van der Waals surface area (Å²) >= 11 is 1.64. The summed E-state index contributed by atoms with van der Waals surface area (Å²) in [5.74, 6) is 0.815. The van der Waals surface area contributed by atoms with Crippen LogP contribution in [0.5, 0.6) is 0 Å². The van der Waals surface area contributed by atoms with Gasteiger partial charge < -0.3 is 0 Å². The Hall–Kier alpha value is -2.01. The van der Waals surface area contributed by atoms with Gasteiger partial charge in [0.2, 0.25) is 0 Å². The second-order valence-electron chi connectivity index (χ2n) is 3.66. The van der Waals surface area contributed by atoms with Crippen LogP contribution in [-0.2, 0) is 6.54 Å². The molecule has 84 valence electrons. The van der Waals surface area contributed by atoms with E-state index in [0.29, 0.717) is 6.54 Å². The van der Waals surface area contributed by atoms with Crippen molar-refractivity contribution in [3.63, 3.8) is 0 Å². The van der Waals surface area contributed by atoms with Gasteiger partial charge in [-0.05, 0) is 27.4 Å². The summed E-state index contributed by atoms with van der Waals surface area (Å²) in [6.07, 6.45) is 0. The normalized spacial score (nSPS) is 10.6. The summed E-state index contributed by atoms with van der Waals surface area (Å²) in [5, 5.41) is 15.9. The first-order valence-corrected chi connectivity index (χ1v) is 6.20. The van der Waals surface area contributed by atoms with E-state index in [1.807, 2.05) is 39.7 Å². The Labute approximate surface area is 103 Å². The highest BCUT2D eigenvalue weighted by Gasteiger charge is 2.09. The van der Waals surface area contributed by atoms with Crippen LogP contribution >= 0.6 is 11.3 Å². The number of thiophene rings is 1. The Bertz CT molecular complexity index is 586. The van der Waals surface area contributed by atoms with E-state index in [1.165, 1.54) is 5.56 Å². The molecule has 0 bridgehead atoms. The maximum atomic E-state index is 4.06. The van der Waals surface area contributed by atoms with Gasteiger partial charge in [-0.3, -0.25) is 0 Å². The molecule has 17 heavy (non-hydrogen) atoms. The molecule has 0 fully saturated rings. The molecule has 2 heterocycles. The molecule has 3 rings (SSSR count). The summed E-state index contributed by atoms with van der Waals surface area (Å²) in [5.41, 5.74) is 2.26. The lowest BCUT2D eigenvalue weighted by Gasteiger charge is -2.02. The summed E-state index contributed by atoms with van der Waals surface area (Å²) in [4.78, 5) is 0. The third kappa shape index (κ3) is 2.09. The Morgan fingerprint density at radius 3 is 2.76 bits per heavy atom. The van der Waals surface area contributed by atoms with Crippen LogP contribution < -0.4 is 0 Å². The largest absolute Gasteiger partial charge is 0.221 e. The fourth-order valence-electron chi connectivity index (χ4n) is 1.67. The molecule has 5 heteroatoms. The molecule has 0 aliphatic carbocycles. The first kappa shape index (κ1) is 10.2. The van der Waals surface area contributed by atoms with Crippen molar-refractivity contribution in [2.45, 2.75) is 6.54 Å². The van der Waals surface area contributed by atoms with Crippen molar-refractivity contribution in [3.05, 3.63) is 52.7 Å². The molecule has 2 aromatic heterocycles. The van der Waals surface area contributed by atoms with Crippen molar-refractivity contribution >= 4 is 11.3 Å². The SMILES string of the molecule is c1ccc(Cn2nnnc2-c2ccsc2)cc1. The zero-order valence-corrected chi connectivity index (χ0v) is 9.84. The molecule has 0 atom stereocenters. The third-order valence-corrected chi connectivity index (χ3v) is 3.17. The number of rotatable bonds is 3. The second kappa shape index (κ2) is 4.47. The standard InChI is InChI=1S/C12H10N4S/c1-2-4-10(5-3-1)8-16-12(13-14-15-16)11-6-7-17-9-11/h1-7,9H,8H2. The van der Waals surface area contributed by atoms with Gasteiger partial charge in [-0.2, -0.15) is 11.3 Å². The lowest BCUT2D eigenvalue weighted by Crippen LogP contribution is -2.03. The highest BCUT2D eigenvalue weighted by molar-refractivity contribution is 7.08. The summed E-state index contributed by atoms with van der Waals surface area (Å²) in [7, 11) is 0. The molecule has 0 N–H and O–H groups in total. The average molecular weight is 242 g/mol. The molecule has 0 amide bonds. The monoisotopic (exact) mass is 242 g/mol. The molecule has 0 radical (unpaired) electrons. The van der Waals surface area contributed by atoms with E-state index in [4.69, 9.17) is 0 Å². The lowest BCUT2D eigenvalue weighted by atomic mass is 10.2. The fourth-order valence-corrected chi connectivity index (χ4v) is 2.30. The van der Waals surface area contributed by atoms with Gasteiger partial charge in [0, 0.05) is 10.9 Å². The van der Waals surface area contributed by atoms with Crippen LogP contribution in [0.2, 0.25) is 0 Å². The van der Waals surface area contributed by atoms with Crippen molar-refractivity contribution in [3.8, 4) is 11.4 Å². The minimum Gasteiger partial charge on any atom is -0.221 e. The van der Waals surface area contributed by atoms with Crippen LogP contribution in [0.4, 0.5) is 0 Å². The van der Waals surface area contributed by atoms with E-state index in [0.717, 1.165) is 11.4 Å². The maximum absolute atomic E-state index is 4.06. The summed E-state index contributed by atoms with van der Waals surface area (Å²) in [6.45, 7) is 0.693. The minimum absolute atomic E-state index is 0.693. The van der Waals surface area contributed by atoms with Gasteiger partial charge in [0.1, 0.15) is 0 Å². The molecule has 0 saturated heterocycles. The Morgan fingerprint density at radius 2 is 2.00 bits per heavy atom. The van der Waals surface area contributed by atoms with Gasteiger partial charge in [0.15, 0.2) is 5.82 Å². The number of aromatic nitrogens is 4. The molecule has 0 saturated carbocycles. The topological polar surface area (TPSA) is 43.6 Å². The van der Waals surface area contributed by atoms with E-state index in [-0.39, 0.29) is 0 Å². The van der Waals surface area contributed by atoms with E-state index in [1.54, 1.807) is 11.3 Å². The highest BCUT2D eigenvalue weighted by Crippen LogP contribution is 2.19. The van der Waals surface area contributed by atoms with Crippen LogP contribution in [0.3, 0.4) is 0 Å². The van der Waals surface area contributed by atoms with Gasteiger partial charge in [-0.1, -0.05) is 30.3 Å². The first-order chi connectivity index (χ1) is 8.43. The number of hydrogen-bond donors (Lipinski definition) is 0. The molecule has 3 aromatic rings. The predicted octanol–water partition coefficient (Wildman–Crippen LogP) is 2.45. The van der Waals surface area contributed by atoms with E-state index >= 15 is 0 Å². The molecular formula is C12H10N4S. The van der Waals surface area contributed by atoms with E-state index in [9.17, 15) is 0 Å². The lowest BCUT2D eigenvalue weighted by molar-refractivity contribution is 0.653. The predicted molar refractivity (Wildman–Crippen MR) is 66.7 cm³/mol. The quantitative estimate of drug-likeness (QED) is 0.708. The van der Waals surface area contributed by atoms with Crippen LogP contribution in [-0.4, -0.2) is 20.2 Å². The molecule has 4 nitrogen and oxygen atoms in total. The van der Waals surface area contributed by atoms with Gasteiger partial charge in [-0.25, -0.2) is 4.68 Å². The van der Waals surface area contributed by atoms with Crippen molar-refractivity contribution in [2.24, 2.45) is 0 Å². The van der Waals surface area contributed by atoms with E-state index in [2.05, 4.69) is 27.7 Å². The second-order valence-corrected chi connectivity index (χ2v) is 4.44. The van der Waals surface area contributed by atoms with Crippen molar-refractivity contribution in [1.29, 1.82) is 0 Å². The van der Waals surface area contributed by atoms with Crippen LogP contribution in [0, 0.1) is 0 Å². The molecule has 0 spiro atoms. The molecule has 0 aliphatic rings. The summed E-state index contributed by atoms with van der Waals surface area (Å²) in [6, 6.07) is 12.2. The zero-order valence-electron chi connectivity index (χ0n) is 9.02. The molecule has 0 unspecified atom stereocenters. The number of tetrazole rings is 1. The van der Waals surface area contributed by atoms with Crippen molar-refractivity contribution in [1.82, 2.24) is 20.2 Å². The minimum atomic E-state index is 0.693. The van der Waals surface area contributed by atoms with Crippen LogP contribution in [0.25, 0.3) is 11.4 Å². The first-order valence-electron chi connectivity index (χ1n) is 5.26. The smallest absolute Gasteiger partial charge is 0.183 e. The van der Waals surface area contributed by atoms with Crippen LogP contribution in [0.15, 0.2) is 47.2 Å². The van der Waals surface area contributed by atoms with Gasteiger partial charge in [0.25, 0.3) is 0 Å². The maximum Gasteiger partial charge on any atom is 0.183 e. The van der Waals surface area contributed by atoms with Gasteiger partial charge in [0.05, 0.1) is 6.54 Å². The highest BCUT2D eigenvalue weighted by atomic mass is 32.1. The van der Waals surface area contributed by atoms with Gasteiger partial charge in [-0.15, -0.1) is 5.10 Å². The number of hydrogen-bond acceptors (Lipinski definition) is 4. The fraction of sp³-hybridized carbons (Fsp3) is 0.0833. The Morgan fingerprint density at radius 1 is 1.12 bits per heavy atom. The molecule has 0 aliphatic heterocycles. The molecule has 1 aromatic carbocycles. The number of benzene rings is 1. The molecular weight excluding hydrogens is 232 g/mol. The third-order valence-electron chi connectivity index (χ3n) is 2.49. The van der Waals surface area contributed by atoms with Gasteiger partial charge >= 0.3 is 0 Å². The zero-order chi connectivity index (χ0) is 11.5. The number of nitrogens with zero attached hydrogens (tertiary/aromatic N) is 4. The Balaban J connectivity index is 1.92. The summed E-state index contributed by atoms with van der Waals surface area (Å²) < 4.78 is 1.82. The van der Waals surface area contributed by atoms with Crippen molar-refractivity contribution in [2.75, 3.05) is 0 Å². The Kier molecular flexibility index (Phi) is 2.67. The van der Waals surface area contributed by atoms with Crippen LogP contribution in [0.1, 0.15) is 5.56 Å². The average Bonchev–Trinajstić information content (AvgIpc) is 3.00. The van der Waals surface area contributed by atoms with E-state index < -0.39 is 0 Å². The van der Waals surface area contributed by atoms with Crippen molar-refractivity contribution < 1.29 is 0 Å².